The minimum atomic E-state index is -3.39. The Morgan fingerprint density at radius 1 is 1.24 bits per heavy atom. The Morgan fingerprint density at radius 2 is 1.86 bits per heavy atom. The fraction of sp³-hybridized carbons (Fsp3) is 0.600. The highest BCUT2D eigenvalue weighted by Gasteiger charge is 2.26. The van der Waals surface area contributed by atoms with Crippen LogP contribution in [0.5, 0.6) is 0 Å². The normalized spacial score (nSPS) is 18.3. The van der Waals surface area contributed by atoms with Crippen LogP contribution >= 0.6 is 0 Å². The molecule has 0 saturated carbocycles. The van der Waals surface area contributed by atoms with Gasteiger partial charge in [-0.1, -0.05) is 24.3 Å². The molecule has 118 valence electrons. The zero-order valence-electron chi connectivity index (χ0n) is 13.0. The molecule has 6 heteroatoms. The monoisotopic (exact) mass is 311 g/mol. The van der Waals surface area contributed by atoms with E-state index in [1.807, 2.05) is 12.1 Å². The molecule has 0 spiro atoms. The van der Waals surface area contributed by atoms with Crippen LogP contribution in [0.4, 0.5) is 0 Å². The van der Waals surface area contributed by atoms with Crippen LogP contribution in [0.15, 0.2) is 24.3 Å². The molecule has 1 aromatic rings. The summed E-state index contributed by atoms with van der Waals surface area (Å²) in [6.45, 7) is 4.55. The van der Waals surface area contributed by atoms with Crippen LogP contribution in [0, 0.1) is 6.92 Å². The fourth-order valence-electron chi connectivity index (χ4n) is 2.76. The van der Waals surface area contributed by atoms with Gasteiger partial charge in [-0.25, -0.2) is 4.72 Å². The van der Waals surface area contributed by atoms with Crippen molar-refractivity contribution in [1.29, 1.82) is 0 Å². The van der Waals surface area contributed by atoms with E-state index in [2.05, 4.69) is 28.7 Å². The number of hydrogen-bond acceptors (Lipinski definition) is 3. The van der Waals surface area contributed by atoms with Gasteiger partial charge in [0, 0.05) is 26.7 Å². The van der Waals surface area contributed by atoms with Crippen molar-refractivity contribution >= 4 is 10.2 Å². The van der Waals surface area contributed by atoms with Crippen LogP contribution in [0.3, 0.4) is 0 Å². The van der Waals surface area contributed by atoms with Crippen LogP contribution in [0.2, 0.25) is 0 Å². The molecule has 1 heterocycles. The van der Waals surface area contributed by atoms with Gasteiger partial charge >= 0.3 is 0 Å². The van der Waals surface area contributed by atoms with Gasteiger partial charge in [0.1, 0.15) is 0 Å². The molecule has 0 amide bonds. The summed E-state index contributed by atoms with van der Waals surface area (Å²) in [7, 11) is -0.302. The molecule has 1 saturated heterocycles. The summed E-state index contributed by atoms with van der Waals surface area (Å²) < 4.78 is 27.9. The molecule has 0 aliphatic carbocycles. The lowest BCUT2D eigenvalue weighted by Gasteiger charge is -2.29. The zero-order valence-corrected chi connectivity index (χ0v) is 13.9. The molecule has 1 aromatic carbocycles. The number of rotatable bonds is 6. The second kappa shape index (κ2) is 6.87. The number of benzene rings is 1. The quantitative estimate of drug-likeness (QED) is 0.867. The van der Waals surface area contributed by atoms with Crippen molar-refractivity contribution in [2.75, 3.05) is 33.7 Å². The molecular weight excluding hydrogens is 286 g/mol. The lowest BCUT2D eigenvalue weighted by atomic mass is 10.0. The first-order chi connectivity index (χ1) is 9.92. The summed E-state index contributed by atoms with van der Waals surface area (Å²) >= 11 is 0. The van der Waals surface area contributed by atoms with Gasteiger partial charge in [0.2, 0.25) is 0 Å². The molecule has 1 aliphatic heterocycles. The molecule has 21 heavy (non-hydrogen) atoms. The summed E-state index contributed by atoms with van der Waals surface area (Å²) in [6, 6.07) is 8.32. The van der Waals surface area contributed by atoms with Crippen LogP contribution < -0.4 is 4.72 Å². The Morgan fingerprint density at radius 3 is 2.43 bits per heavy atom. The number of aryl methyl sites for hydroxylation is 1. The van der Waals surface area contributed by atoms with Crippen molar-refractivity contribution in [2.45, 2.75) is 25.8 Å². The lowest BCUT2D eigenvalue weighted by Crippen LogP contribution is -2.41. The minimum absolute atomic E-state index is 0.100. The van der Waals surface area contributed by atoms with Gasteiger partial charge in [0.25, 0.3) is 10.2 Å². The third-order valence-corrected chi connectivity index (χ3v) is 5.56. The zero-order chi connectivity index (χ0) is 15.5. The highest BCUT2D eigenvalue weighted by molar-refractivity contribution is 7.87. The summed E-state index contributed by atoms with van der Waals surface area (Å²) in [5.41, 5.74) is 2.42. The Balaban J connectivity index is 2.19. The summed E-state index contributed by atoms with van der Waals surface area (Å²) in [4.78, 5) is 2.38. The molecule has 1 unspecified atom stereocenters. The van der Waals surface area contributed by atoms with Gasteiger partial charge < -0.3 is 0 Å². The maximum absolute atomic E-state index is 12.0. The van der Waals surface area contributed by atoms with Gasteiger partial charge in [-0.3, -0.25) is 4.90 Å². The number of nitrogens with zero attached hydrogens (tertiary/aromatic N) is 2. The van der Waals surface area contributed by atoms with Crippen LogP contribution in [-0.2, 0) is 10.2 Å². The van der Waals surface area contributed by atoms with Gasteiger partial charge in [-0.05, 0) is 44.0 Å². The average molecular weight is 311 g/mol. The minimum Gasteiger partial charge on any atom is -0.295 e. The molecule has 2 rings (SSSR count). The van der Waals surface area contributed by atoms with Gasteiger partial charge in [0.05, 0.1) is 0 Å². The molecule has 0 bridgehead atoms. The smallest absolute Gasteiger partial charge is 0.278 e. The third kappa shape index (κ3) is 4.03. The first-order valence-corrected chi connectivity index (χ1v) is 8.82. The molecule has 1 atom stereocenters. The molecule has 1 aliphatic rings. The van der Waals surface area contributed by atoms with Crippen molar-refractivity contribution in [3.05, 3.63) is 35.4 Å². The predicted octanol–water partition coefficient (Wildman–Crippen LogP) is 1.53. The topological polar surface area (TPSA) is 52.7 Å². The predicted molar refractivity (Wildman–Crippen MR) is 85.3 cm³/mol. The number of nitrogens with one attached hydrogen (secondary N) is 1. The standard InChI is InChI=1S/C15H25N3O2S/c1-13-8-4-5-9-14(13)15(18-10-6-7-11-18)12-16-21(19,20)17(2)3/h4-5,8-9,15-16H,6-7,10-12H2,1-3H3. The van der Waals surface area contributed by atoms with E-state index in [4.69, 9.17) is 0 Å². The van der Waals surface area contributed by atoms with Crippen molar-refractivity contribution < 1.29 is 8.42 Å². The SMILES string of the molecule is Cc1ccccc1C(CNS(=O)(=O)N(C)C)N1CCCC1. The van der Waals surface area contributed by atoms with Crippen LogP contribution in [0.1, 0.15) is 30.0 Å². The van der Waals surface area contributed by atoms with Crippen molar-refractivity contribution in [2.24, 2.45) is 0 Å². The fourth-order valence-corrected chi connectivity index (χ4v) is 3.39. The number of hydrogen-bond donors (Lipinski definition) is 1. The van der Waals surface area contributed by atoms with Gasteiger partial charge in [-0.2, -0.15) is 12.7 Å². The van der Waals surface area contributed by atoms with E-state index in [9.17, 15) is 8.42 Å². The summed E-state index contributed by atoms with van der Waals surface area (Å²) in [5.74, 6) is 0. The molecule has 5 nitrogen and oxygen atoms in total. The maximum Gasteiger partial charge on any atom is 0.278 e. The van der Waals surface area contributed by atoms with E-state index in [0.717, 1.165) is 13.1 Å². The van der Waals surface area contributed by atoms with E-state index >= 15 is 0 Å². The summed E-state index contributed by atoms with van der Waals surface area (Å²) in [5, 5.41) is 0. The highest BCUT2D eigenvalue weighted by atomic mass is 32.2. The Labute approximate surface area is 128 Å². The Kier molecular flexibility index (Phi) is 5.37. The van der Waals surface area contributed by atoms with E-state index in [1.54, 1.807) is 14.1 Å². The second-order valence-corrected chi connectivity index (χ2v) is 7.72. The van der Waals surface area contributed by atoms with Gasteiger partial charge in [0.15, 0.2) is 0 Å². The second-order valence-electron chi connectivity index (χ2n) is 5.75. The van der Waals surface area contributed by atoms with Crippen LogP contribution in [0.25, 0.3) is 0 Å². The van der Waals surface area contributed by atoms with Crippen LogP contribution in [-0.4, -0.2) is 51.4 Å². The molecule has 0 radical (unpaired) electrons. The largest absolute Gasteiger partial charge is 0.295 e. The van der Waals surface area contributed by atoms with Crippen molar-refractivity contribution in [1.82, 2.24) is 13.9 Å². The van der Waals surface area contributed by atoms with E-state index in [0.29, 0.717) is 6.54 Å². The first kappa shape index (κ1) is 16.4. The van der Waals surface area contributed by atoms with E-state index < -0.39 is 10.2 Å². The summed E-state index contributed by atoms with van der Waals surface area (Å²) in [6.07, 6.45) is 2.37. The highest BCUT2D eigenvalue weighted by Crippen LogP contribution is 2.27. The average Bonchev–Trinajstić information content (AvgIpc) is 2.94. The maximum atomic E-state index is 12.0. The van der Waals surface area contributed by atoms with Gasteiger partial charge in [-0.15, -0.1) is 0 Å². The third-order valence-electron chi connectivity index (χ3n) is 4.07. The lowest BCUT2D eigenvalue weighted by molar-refractivity contribution is 0.245. The first-order valence-electron chi connectivity index (χ1n) is 7.38. The van der Waals surface area contributed by atoms with Crippen molar-refractivity contribution in [3.8, 4) is 0 Å². The molecular formula is C15H25N3O2S. The molecule has 1 fully saturated rings. The Bertz CT molecular complexity index is 566. The molecule has 0 aromatic heterocycles. The van der Waals surface area contributed by atoms with E-state index in [-0.39, 0.29) is 6.04 Å². The molecule has 1 N–H and O–H groups in total. The number of likely N-dealkylation sites (tertiary alicyclic amines) is 1. The van der Waals surface area contributed by atoms with Crippen molar-refractivity contribution in [3.63, 3.8) is 0 Å². The van der Waals surface area contributed by atoms with E-state index in [1.165, 1.54) is 28.3 Å². The Hall–Kier alpha value is -0.950.